The highest BCUT2D eigenvalue weighted by Crippen LogP contribution is 2.35. The van der Waals surface area contributed by atoms with Crippen LogP contribution >= 0.6 is 11.6 Å². The Kier molecular flexibility index (Phi) is 6.60. The lowest BCUT2D eigenvalue weighted by atomic mass is 9.84. The first kappa shape index (κ1) is 24.8. The number of hydrogen-bond acceptors (Lipinski definition) is 7. The number of nitrogens with zero attached hydrogens (tertiary/aromatic N) is 5. The third-order valence-corrected chi connectivity index (χ3v) is 6.79. The third-order valence-electron chi connectivity index (χ3n) is 6.59. The maximum atomic E-state index is 13.5. The molecule has 3 heterocycles. The third kappa shape index (κ3) is 5.15. The molecule has 1 aliphatic carbocycles. The highest BCUT2D eigenvalue weighted by Gasteiger charge is 2.30. The Bertz CT molecular complexity index is 1450. The zero-order chi connectivity index (χ0) is 26.2. The van der Waals surface area contributed by atoms with Crippen molar-refractivity contribution in [2.75, 3.05) is 5.73 Å². The molecule has 1 aliphatic rings. The summed E-state index contributed by atoms with van der Waals surface area (Å²) >= 11 is 6.26. The summed E-state index contributed by atoms with van der Waals surface area (Å²) in [7, 11) is 0. The van der Waals surface area contributed by atoms with Gasteiger partial charge in [-0.25, -0.2) is 24.9 Å². The number of nitrogens with one attached hydrogen (secondary N) is 1. The Morgan fingerprint density at radius 2 is 1.73 bits per heavy atom. The number of aryl methyl sites for hydroxylation is 1. The van der Waals surface area contributed by atoms with Gasteiger partial charge < -0.3 is 11.1 Å². The van der Waals surface area contributed by atoms with E-state index in [-0.39, 0.29) is 11.5 Å². The molecular weight excluding hydrogens is 486 g/mol. The Morgan fingerprint density at radius 1 is 1.00 bits per heavy atom. The van der Waals surface area contributed by atoms with Crippen molar-refractivity contribution in [2.24, 2.45) is 0 Å². The van der Waals surface area contributed by atoms with Crippen LogP contribution in [0.1, 0.15) is 66.7 Å². The van der Waals surface area contributed by atoms with Crippen molar-refractivity contribution in [3.05, 3.63) is 82.8 Å². The van der Waals surface area contributed by atoms with Crippen LogP contribution in [0.15, 0.2) is 54.7 Å². The molecule has 1 aromatic carbocycles. The van der Waals surface area contributed by atoms with E-state index in [4.69, 9.17) is 27.3 Å². The van der Waals surface area contributed by atoms with E-state index in [9.17, 15) is 4.79 Å². The molecule has 1 fully saturated rings. The molecule has 0 spiro atoms. The lowest BCUT2D eigenvalue weighted by molar-refractivity contribution is 0.0905. The zero-order valence-electron chi connectivity index (χ0n) is 21.0. The van der Waals surface area contributed by atoms with E-state index in [2.05, 4.69) is 20.3 Å². The lowest BCUT2D eigenvalue weighted by Crippen LogP contribution is -2.42. The molecule has 9 heteroatoms. The van der Waals surface area contributed by atoms with Gasteiger partial charge in [-0.05, 0) is 51.8 Å². The maximum absolute atomic E-state index is 13.5. The number of anilines is 1. The maximum Gasteiger partial charge on any atom is 0.274 e. The fourth-order valence-electron chi connectivity index (χ4n) is 4.37. The van der Waals surface area contributed by atoms with Gasteiger partial charge in [0.25, 0.3) is 5.91 Å². The Hall–Kier alpha value is -3.91. The molecule has 5 rings (SSSR count). The summed E-state index contributed by atoms with van der Waals surface area (Å²) in [6.07, 6.45) is 5.13. The molecule has 8 nitrogen and oxygen atoms in total. The van der Waals surface area contributed by atoms with Crippen molar-refractivity contribution in [1.29, 1.82) is 0 Å². The number of amides is 1. The van der Waals surface area contributed by atoms with Crippen LogP contribution in [0.4, 0.5) is 5.82 Å². The summed E-state index contributed by atoms with van der Waals surface area (Å²) in [6.45, 7) is 5.64. The van der Waals surface area contributed by atoms with Crippen LogP contribution in [-0.2, 0) is 5.54 Å². The zero-order valence-corrected chi connectivity index (χ0v) is 21.8. The molecular formula is C28H28ClN7O. The van der Waals surface area contributed by atoms with Crippen molar-refractivity contribution in [3.8, 4) is 22.5 Å². The number of hydrogen-bond donors (Lipinski definition) is 2. The number of benzene rings is 1. The van der Waals surface area contributed by atoms with Crippen LogP contribution in [0.25, 0.3) is 22.5 Å². The van der Waals surface area contributed by atoms with Crippen LogP contribution in [-0.4, -0.2) is 30.8 Å². The van der Waals surface area contributed by atoms with Gasteiger partial charge in [-0.15, -0.1) is 0 Å². The van der Waals surface area contributed by atoms with E-state index in [1.807, 2.05) is 63.2 Å². The first-order chi connectivity index (χ1) is 17.7. The summed E-state index contributed by atoms with van der Waals surface area (Å²) in [5.74, 6) is 0.795. The number of aromatic nitrogens is 5. The van der Waals surface area contributed by atoms with Gasteiger partial charge >= 0.3 is 0 Å². The molecule has 0 bridgehead atoms. The van der Waals surface area contributed by atoms with Gasteiger partial charge in [0.05, 0.1) is 22.6 Å². The van der Waals surface area contributed by atoms with E-state index < -0.39 is 11.4 Å². The molecule has 0 radical (unpaired) electrons. The van der Waals surface area contributed by atoms with Crippen LogP contribution in [0.5, 0.6) is 0 Å². The van der Waals surface area contributed by atoms with E-state index in [0.29, 0.717) is 28.0 Å². The predicted octanol–water partition coefficient (Wildman–Crippen LogP) is 5.47. The van der Waals surface area contributed by atoms with E-state index >= 15 is 0 Å². The molecule has 3 N–H and O–H groups in total. The van der Waals surface area contributed by atoms with Gasteiger partial charge in [0.1, 0.15) is 11.0 Å². The monoisotopic (exact) mass is 513 g/mol. The van der Waals surface area contributed by atoms with Crippen molar-refractivity contribution >= 4 is 23.3 Å². The van der Waals surface area contributed by atoms with E-state index in [1.165, 1.54) is 6.42 Å². The molecule has 0 unspecified atom stereocenters. The van der Waals surface area contributed by atoms with Gasteiger partial charge in [-0.1, -0.05) is 48.4 Å². The Morgan fingerprint density at radius 3 is 2.41 bits per heavy atom. The SMILES string of the molecule is Cc1cc(-c2nc(C(=O)NC(C)(C)c3ccnc(C4CCC4)n3)c(N)nc2-c2ccccc2)cc(Cl)n1. The minimum absolute atomic E-state index is 0.0293. The number of nitrogens with two attached hydrogens (primary N) is 1. The summed E-state index contributed by atoms with van der Waals surface area (Å²) in [4.78, 5) is 36.3. The van der Waals surface area contributed by atoms with Gasteiger partial charge in [-0.3, -0.25) is 4.79 Å². The van der Waals surface area contributed by atoms with Crippen LogP contribution < -0.4 is 11.1 Å². The van der Waals surface area contributed by atoms with Gasteiger partial charge in [0, 0.05) is 28.9 Å². The van der Waals surface area contributed by atoms with E-state index in [0.717, 1.165) is 35.6 Å². The number of rotatable bonds is 6. The fourth-order valence-corrected chi connectivity index (χ4v) is 4.62. The van der Waals surface area contributed by atoms with Gasteiger partial charge in [0.2, 0.25) is 0 Å². The number of carbonyl (C=O) groups excluding carboxylic acids is 1. The molecule has 188 valence electrons. The second kappa shape index (κ2) is 9.86. The number of nitrogen functional groups attached to an aromatic ring is 1. The highest BCUT2D eigenvalue weighted by atomic mass is 35.5. The predicted molar refractivity (Wildman–Crippen MR) is 144 cm³/mol. The first-order valence-corrected chi connectivity index (χ1v) is 12.6. The quantitative estimate of drug-likeness (QED) is 0.328. The minimum atomic E-state index is -0.790. The minimum Gasteiger partial charge on any atom is -0.382 e. The van der Waals surface area contributed by atoms with Crippen molar-refractivity contribution in [1.82, 2.24) is 30.2 Å². The molecule has 0 atom stereocenters. The highest BCUT2D eigenvalue weighted by molar-refractivity contribution is 6.29. The average Bonchev–Trinajstić information content (AvgIpc) is 2.82. The van der Waals surface area contributed by atoms with Crippen molar-refractivity contribution < 1.29 is 4.79 Å². The number of carbonyl (C=O) groups is 1. The average molecular weight is 514 g/mol. The normalized spacial score (nSPS) is 13.7. The smallest absolute Gasteiger partial charge is 0.274 e. The Labute approximate surface area is 220 Å². The van der Waals surface area contributed by atoms with E-state index in [1.54, 1.807) is 12.3 Å². The summed E-state index contributed by atoms with van der Waals surface area (Å²) < 4.78 is 0. The molecule has 4 aromatic rings. The first-order valence-electron chi connectivity index (χ1n) is 12.2. The van der Waals surface area contributed by atoms with Crippen LogP contribution in [0.2, 0.25) is 5.15 Å². The lowest BCUT2D eigenvalue weighted by Gasteiger charge is -2.28. The molecule has 37 heavy (non-hydrogen) atoms. The standard InChI is InChI=1S/C28H28ClN7O/c1-16-14-19(15-21(29)32-16)23-22(17-8-5-4-6-9-17)35-25(30)24(34-23)27(37)36-28(2,3)20-12-13-31-26(33-20)18-10-7-11-18/h4-6,8-9,12-15,18H,7,10-11H2,1-3H3,(H2,30,35)(H,36,37). The molecule has 0 saturated heterocycles. The van der Waals surface area contributed by atoms with Crippen molar-refractivity contribution in [3.63, 3.8) is 0 Å². The molecule has 3 aromatic heterocycles. The van der Waals surface area contributed by atoms with Gasteiger partial charge in [0.15, 0.2) is 11.5 Å². The molecule has 0 aliphatic heterocycles. The second-order valence-corrected chi connectivity index (χ2v) is 10.2. The number of pyridine rings is 1. The summed E-state index contributed by atoms with van der Waals surface area (Å²) in [6, 6.07) is 14.9. The summed E-state index contributed by atoms with van der Waals surface area (Å²) in [5, 5.41) is 3.37. The second-order valence-electron chi connectivity index (χ2n) is 9.85. The summed E-state index contributed by atoms with van der Waals surface area (Å²) in [5.41, 5.74) is 9.55. The topological polar surface area (TPSA) is 120 Å². The Balaban J connectivity index is 1.54. The molecule has 1 saturated carbocycles. The fraction of sp³-hybridized carbons (Fsp3) is 0.286. The van der Waals surface area contributed by atoms with Crippen molar-refractivity contribution in [2.45, 2.75) is 51.5 Å². The largest absolute Gasteiger partial charge is 0.382 e. The number of halogens is 1. The van der Waals surface area contributed by atoms with Crippen LogP contribution in [0, 0.1) is 6.92 Å². The molecule has 1 amide bonds. The van der Waals surface area contributed by atoms with Crippen LogP contribution in [0.3, 0.4) is 0 Å². The van der Waals surface area contributed by atoms with Gasteiger partial charge in [-0.2, -0.15) is 0 Å².